The van der Waals surface area contributed by atoms with E-state index < -0.39 is 5.97 Å². The average Bonchev–Trinajstić information content (AvgIpc) is 2.96. The van der Waals surface area contributed by atoms with E-state index in [1.54, 1.807) is 11.3 Å². The molecule has 0 atom stereocenters. The maximum absolute atomic E-state index is 10.5. The summed E-state index contributed by atoms with van der Waals surface area (Å²) in [5.74, 6) is -0.794. The predicted molar refractivity (Wildman–Crippen MR) is 79.6 cm³/mol. The minimum atomic E-state index is -0.794. The van der Waals surface area contributed by atoms with Gasteiger partial charge in [-0.2, -0.15) is 0 Å². The number of thiophene rings is 1. The van der Waals surface area contributed by atoms with Gasteiger partial charge in [-0.3, -0.25) is 4.79 Å². The molecular weight excluding hydrogens is 304 g/mol. The summed E-state index contributed by atoms with van der Waals surface area (Å²) in [6, 6.07) is 3.92. The number of carboxylic acid groups (broad SMARTS) is 1. The van der Waals surface area contributed by atoms with Crippen LogP contribution in [0.1, 0.15) is 17.0 Å². The highest BCUT2D eigenvalue weighted by molar-refractivity contribution is 7.16. The third kappa shape index (κ3) is 4.81. The molecule has 2 N–H and O–H groups in total. The van der Waals surface area contributed by atoms with E-state index in [1.165, 1.54) is 16.2 Å². The highest BCUT2D eigenvalue weighted by atomic mass is 35.5. The van der Waals surface area contributed by atoms with Crippen molar-refractivity contribution in [1.82, 2.24) is 4.98 Å². The van der Waals surface area contributed by atoms with Crippen LogP contribution in [0.3, 0.4) is 0 Å². The zero-order valence-corrected chi connectivity index (χ0v) is 12.4. The maximum atomic E-state index is 10.5. The number of anilines is 1. The van der Waals surface area contributed by atoms with E-state index in [1.807, 2.05) is 17.5 Å². The monoisotopic (exact) mass is 316 g/mol. The lowest BCUT2D eigenvalue weighted by Crippen LogP contribution is -2.04. The summed E-state index contributed by atoms with van der Waals surface area (Å²) < 4.78 is 0.806. The van der Waals surface area contributed by atoms with Gasteiger partial charge in [-0.05, 0) is 18.6 Å². The number of nitrogens with one attached hydrogen (secondary N) is 1. The van der Waals surface area contributed by atoms with Crippen LogP contribution in [0.5, 0.6) is 0 Å². The van der Waals surface area contributed by atoms with Crippen molar-refractivity contribution in [2.75, 3.05) is 11.9 Å². The van der Waals surface area contributed by atoms with E-state index in [0.717, 1.165) is 28.1 Å². The second kappa shape index (κ2) is 6.88. The van der Waals surface area contributed by atoms with Crippen molar-refractivity contribution in [2.24, 2.45) is 0 Å². The van der Waals surface area contributed by atoms with Crippen molar-refractivity contribution in [3.63, 3.8) is 0 Å². The highest BCUT2D eigenvalue weighted by Crippen LogP contribution is 2.22. The third-order valence-corrected chi connectivity index (χ3v) is 4.56. The van der Waals surface area contributed by atoms with E-state index in [4.69, 9.17) is 16.7 Å². The first kappa shape index (κ1) is 14.3. The second-order valence-corrected chi connectivity index (χ2v) is 6.58. The Bertz CT molecular complexity index is 553. The first-order chi connectivity index (χ1) is 9.13. The predicted octanol–water partition coefficient (Wildman–Crippen LogP) is 3.53. The molecule has 7 heteroatoms. The molecule has 0 bridgehead atoms. The Kier molecular flexibility index (Phi) is 5.18. The number of carbonyl (C=O) groups is 1. The Morgan fingerprint density at radius 3 is 2.95 bits per heavy atom. The Morgan fingerprint density at radius 2 is 2.26 bits per heavy atom. The quantitative estimate of drug-likeness (QED) is 0.820. The minimum absolute atomic E-state index is 0.122. The molecule has 2 aromatic heterocycles. The zero-order valence-electron chi connectivity index (χ0n) is 10.1. The van der Waals surface area contributed by atoms with Crippen LogP contribution in [0.2, 0.25) is 4.34 Å². The number of hydrogen-bond acceptors (Lipinski definition) is 5. The fraction of sp³-hybridized carbons (Fsp3) is 0.333. The van der Waals surface area contributed by atoms with E-state index in [0.29, 0.717) is 6.42 Å². The number of aryl methyl sites for hydroxylation is 1. The van der Waals surface area contributed by atoms with Gasteiger partial charge in [0.05, 0.1) is 16.5 Å². The molecule has 0 aliphatic rings. The van der Waals surface area contributed by atoms with Crippen LogP contribution >= 0.6 is 34.3 Å². The van der Waals surface area contributed by atoms with Gasteiger partial charge in [0.2, 0.25) is 0 Å². The van der Waals surface area contributed by atoms with Gasteiger partial charge in [-0.1, -0.05) is 11.6 Å². The van der Waals surface area contributed by atoms with E-state index >= 15 is 0 Å². The van der Waals surface area contributed by atoms with Gasteiger partial charge < -0.3 is 10.4 Å². The van der Waals surface area contributed by atoms with Crippen LogP contribution in [0.4, 0.5) is 5.13 Å². The third-order valence-electron chi connectivity index (χ3n) is 2.42. The molecule has 4 nitrogen and oxygen atoms in total. The molecule has 0 fully saturated rings. The summed E-state index contributed by atoms with van der Waals surface area (Å²) in [5, 5.41) is 14.6. The molecule has 19 heavy (non-hydrogen) atoms. The van der Waals surface area contributed by atoms with Crippen molar-refractivity contribution < 1.29 is 9.90 Å². The summed E-state index contributed by atoms with van der Waals surface area (Å²) >= 11 is 8.95. The van der Waals surface area contributed by atoms with E-state index in [-0.39, 0.29) is 6.42 Å². The molecule has 0 aliphatic carbocycles. The molecule has 0 saturated heterocycles. The molecular formula is C12H13ClN2O2S2. The lowest BCUT2D eigenvalue weighted by Gasteiger charge is -2.00. The van der Waals surface area contributed by atoms with Crippen LogP contribution < -0.4 is 5.32 Å². The zero-order chi connectivity index (χ0) is 13.7. The van der Waals surface area contributed by atoms with Crippen molar-refractivity contribution in [2.45, 2.75) is 19.3 Å². The van der Waals surface area contributed by atoms with E-state index in [9.17, 15) is 4.79 Å². The van der Waals surface area contributed by atoms with Gasteiger partial charge in [-0.25, -0.2) is 4.98 Å². The molecule has 2 aromatic rings. The second-order valence-electron chi connectivity index (χ2n) is 3.92. The number of aliphatic carboxylic acids is 1. The molecule has 0 aliphatic heterocycles. The van der Waals surface area contributed by atoms with E-state index in [2.05, 4.69) is 10.3 Å². The molecule has 0 spiro atoms. The smallest absolute Gasteiger partial charge is 0.303 e. The van der Waals surface area contributed by atoms with Crippen LogP contribution in [-0.4, -0.2) is 22.6 Å². The summed E-state index contributed by atoms with van der Waals surface area (Å²) in [6.07, 6.45) is 1.51. The SMILES string of the molecule is O=C(O)CCc1csc(NCCc2ccc(Cl)s2)n1. The normalized spacial score (nSPS) is 10.6. The molecule has 0 aromatic carbocycles. The number of carboxylic acids is 1. The largest absolute Gasteiger partial charge is 0.481 e. The van der Waals surface area contributed by atoms with Gasteiger partial charge in [0.15, 0.2) is 5.13 Å². The summed E-state index contributed by atoms with van der Waals surface area (Å²) in [4.78, 5) is 16.0. The van der Waals surface area contributed by atoms with Crippen LogP contribution in [-0.2, 0) is 17.6 Å². The standard InChI is InChI=1S/C12H13ClN2O2S2/c13-10-3-2-9(19-10)5-6-14-12-15-8(7-18-12)1-4-11(16)17/h2-3,7H,1,4-6H2,(H,14,15)(H,16,17). The maximum Gasteiger partial charge on any atom is 0.303 e. The van der Waals surface area contributed by atoms with Crippen molar-refractivity contribution >= 4 is 45.4 Å². The van der Waals surface area contributed by atoms with Crippen molar-refractivity contribution in [3.8, 4) is 0 Å². The topological polar surface area (TPSA) is 62.2 Å². The Morgan fingerprint density at radius 1 is 1.42 bits per heavy atom. The van der Waals surface area contributed by atoms with Crippen LogP contribution in [0.15, 0.2) is 17.5 Å². The van der Waals surface area contributed by atoms with Crippen molar-refractivity contribution in [1.29, 1.82) is 0 Å². The molecule has 0 unspecified atom stereocenters. The molecule has 2 heterocycles. The van der Waals surface area contributed by atoms with Gasteiger partial charge in [0.25, 0.3) is 0 Å². The highest BCUT2D eigenvalue weighted by Gasteiger charge is 2.04. The van der Waals surface area contributed by atoms with Gasteiger partial charge >= 0.3 is 5.97 Å². The number of rotatable bonds is 7. The van der Waals surface area contributed by atoms with Crippen LogP contribution in [0.25, 0.3) is 0 Å². The van der Waals surface area contributed by atoms with Gasteiger partial charge in [0, 0.05) is 23.2 Å². The summed E-state index contributed by atoms with van der Waals surface area (Å²) in [7, 11) is 0. The molecule has 102 valence electrons. The van der Waals surface area contributed by atoms with Gasteiger partial charge in [0.1, 0.15) is 0 Å². The molecule has 0 radical (unpaired) electrons. The lowest BCUT2D eigenvalue weighted by molar-refractivity contribution is -0.136. The number of thiazole rings is 1. The first-order valence-corrected chi connectivity index (χ1v) is 7.85. The minimum Gasteiger partial charge on any atom is -0.481 e. The lowest BCUT2D eigenvalue weighted by atomic mass is 10.2. The van der Waals surface area contributed by atoms with Crippen molar-refractivity contribution in [3.05, 3.63) is 32.4 Å². The Balaban J connectivity index is 1.75. The number of halogens is 1. The number of hydrogen-bond donors (Lipinski definition) is 2. The average molecular weight is 317 g/mol. The number of nitrogens with zero attached hydrogens (tertiary/aromatic N) is 1. The fourth-order valence-corrected chi connectivity index (χ4v) is 3.38. The summed E-state index contributed by atoms with van der Waals surface area (Å²) in [5.41, 5.74) is 0.828. The summed E-state index contributed by atoms with van der Waals surface area (Å²) in [6.45, 7) is 0.794. The molecule has 0 amide bonds. The first-order valence-electron chi connectivity index (χ1n) is 5.78. The fourth-order valence-electron chi connectivity index (χ4n) is 1.52. The van der Waals surface area contributed by atoms with Crippen LogP contribution in [0, 0.1) is 0 Å². The Labute approximate surface area is 124 Å². The molecule has 0 saturated carbocycles. The van der Waals surface area contributed by atoms with Gasteiger partial charge in [-0.15, -0.1) is 22.7 Å². The number of aromatic nitrogens is 1. The Hall–Kier alpha value is -1.11. The molecule has 2 rings (SSSR count).